The number of carbonyl (C=O) groups excluding carboxylic acids is 1. The summed E-state index contributed by atoms with van der Waals surface area (Å²) >= 11 is 5.24. The molecule has 0 unspecified atom stereocenters. The molecule has 0 aliphatic rings. The molecular formula is C6H7ClN2O. The zero-order chi connectivity index (χ0) is 7.40. The van der Waals surface area contributed by atoms with Gasteiger partial charge < -0.3 is 10.3 Å². The summed E-state index contributed by atoms with van der Waals surface area (Å²) in [5, 5.41) is 2.55. The van der Waals surface area contributed by atoms with Gasteiger partial charge in [-0.2, -0.15) is 0 Å². The molecule has 0 aliphatic carbocycles. The Hall–Kier alpha value is -0.960. The Balaban J connectivity index is 2.48. The van der Waals surface area contributed by atoms with E-state index in [1.165, 1.54) is 0 Å². The predicted molar refractivity (Wildman–Crippen MR) is 40.1 cm³/mol. The molecule has 4 heteroatoms. The molecule has 2 N–H and O–H groups in total. The summed E-state index contributed by atoms with van der Waals surface area (Å²) in [6.45, 7) is 0. The van der Waals surface area contributed by atoms with Crippen molar-refractivity contribution in [3.8, 4) is 0 Å². The third-order valence-corrected chi connectivity index (χ3v) is 1.24. The highest BCUT2D eigenvalue weighted by Crippen LogP contribution is 2.00. The highest BCUT2D eigenvalue weighted by atomic mass is 35.5. The molecule has 3 nitrogen and oxygen atoms in total. The highest BCUT2D eigenvalue weighted by Gasteiger charge is 1.97. The van der Waals surface area contributed by atoms with E-state index in [-0.39, 0.29) is 11.8 Å². The number of amides is 1. The van der Waals surface area contributed by atoms with E-state index < -0.39 is 0 Å². The second-order valence-electron chi connectivity index (χ2n) is 1.77. The van der Waals surface area contributed by atoms with E-state index >= 15 is 0 Å². The van der Waals surface area contributed by atoms with Crippen molar-refractivity contribution in [1.29, 1.82) is 0 Å². The van der Waals surface area contributed by atoms with Crippen LogP contribution in [0.1, 0.15) is 0 Å². The number of hydrogen-bond acceptors (Lipinski definition) is 1. The molecule has 1 aromatic heterocycles. The van der Waals surface area contributed by atoms with Crippen molar-refractivity contribution >= 4 is 23.3 Å². The van der Waals surface area contributed by atoms with E-state index in [1.807, 2.05) is 0 Å². The van der Waals surface area contributed by atoms with Crippen LogP contribution in [-0.2, 0) is 4.79 Å². The average Bonchev–Trinajstić information content (AvgIpc) is 2.40. The lowest BCUT2D eigenvalue weighted by Crippen LogP contribution is -2.12. The Kier molecular flexibility index (Phi) is 2.34. The Morgan fingerprint density at radius 2 is 2.60 bits per heavy atom. The number of alkyl halides is 1. The zero-order valence-corrected chi connectivity index (χ0v) is 5.98. The second-order valence-corrected chi connectivity index (χ2v) is 2.03. The maximum atomic E-state index is 10.6. The molecule has 0 fully saturated rings. The minimum Gasteiger partial charge on any atom is -0.348 e. The molecule has 1 heterocycles. The molecule has 1 aromatic rings. The second kappa shape index (κ2) is 3.27. The van der Waals surface area contributed by atoms with Crippen LogP contribution in [0.4, 0.5) is 5.82 Å². The van der Waals surface area contributed by atoms with Crippen LogP contribution in [0, 0.1) is 0 Å². The first-order chi connectivity index (χ1) is 4.83. The number of carbonyl (C=O) groups is 1. The summed E-state index contributed by atoms with van der Waals surface area (Å²) in [5.74, 6) is 0.453. The fourth-order valence-electron chi connectivity index (χ4n) is 0.592. The van der Waals surface area contributed by atoms with Gasteiger partial charge in [-0.3, -0.25) is 4.79 Å². The zero-order valence-electron chi connectivity index (χ0n) is 5.23. The van der Waals surface area contributed by atoms with Gasteiger partial charge in [-0.05, 0) is 12.1 Å². The lowest BCUT2D eigenvalue weighted by molar-refractivity contribution is -0.113. The molecule has 1 amide bonds. The highest BCUT2D eigenvalue weighted by molar-refractivity contribution is 6.28. The van der Waals surface area contributed by atoms with Crippen LogP contribution >= 0.6 is 11.6 Å². The normalized spacial score (nSPS) is 9.30. The summed E-state index contributed by atoms with van der Waals surface area (Å²) in [6.07, 6.45) is 1.73. The van der Waals surface area contributed by atoms with Crippen LogP contribution in [0.2, 0.25) is 0 Å². The minimum absolute atomic E-state index is 0.0149. The van der Waals surface area contributed by atoms with Gasteiger partial charge in [0.25, 0.3) is 0 Å². The van der Waals surface area contributed by atoms with Gasteiger partial charge in [-0.15, -0.1) is 11.6 Å². The fourth-order valence-corrected chi connectivity index (χ4v) is 0.659. The molecule has 0 aromatic carbocycles. The first kappa shape index (κ1) is 7.15. The molecular weight excluding hydrogens is 152 g/mol. The average molecular weight is 159 g/mol. The van der Waals surface area contributed by atoms with Crippen molar-refractivity contribution in [3.63, 3.8) is 0 Å². The van der Waals surface area contributed by atoms with E-state index in [0.29, 0.717) is 5.82 Å². The predicted octanol–water partition coefficient (Wildman–Crippen LogP) is 1.19. The van der Waals surface area contributed by atoms with Crippen molar-refractivity contribution in [2.45, 2.75) is 0 Å². The number of aromatic nitrogens is 1. The molecule has 10 heavy (non-hydrogen) atoms. The Morgan fingerprint density at radius 3 is 3.10 bits per heavy atom. The van der Waals surface area contributed by atoms with Crippen LogP contribution in [0.3, 0.4) is 0 Å². The van der Waals surface area contributed by atoms with Crippen molar-refractivity contribution in [2.24, 2.45) is 0 Å². The van der Waals surface area contributed by atoms with Gasteiger partial charge >= 0.3 is 0 Å². The van der Waals surface area contributed by atoms with Gasteiger partial charge in [-0.25, -0.2) is 0 Å². The summed E-state index contributed by atoms with van der Waals surface area (Å²) in [4.78, 5) is 13.4. The van der Waals surface area contributed by atoms with Crippen molar-refractivity contribution in [3.05, 3.63) is 18.3 Å². The third-order valence-electron chi connectivity index (χ3n) is 0.993. The van der Waals surface area contributed by atoms with Crippen LogP contribution in [0.5, 0.6) is 0 Å². The molecule has 0 bridgehead atoms. The van der Waals surface area contributed by atoms with E-state index in [9.17, 15) is 4.79 Å². The lowest BCUT2D eigenvalue weighted by atomic mass is 10.6. The van der Waals surface area contributed by atoms with Gasteiger partial charge in [0.1, 0.15) is 11.7 Å². The smallest absolute Gasteiger partial charge is 0.240 e. The number of hydrogen-bond donors (Lipinski definition) is 2. The van der Waals surface area contributed by atoms with Gasteiger partial charge in [0, 0.05) is 6.20 Å². The fraction of sp³-hybridized carbons (Fsp3) is 0.167. The summed E-state index contributed by atoms with van der Waals surface area (Å²) < 4.78 is 0. The molecule has 0 saturated carbocycles. The number of rotatable bonds is 2. The molecule has 1 rings (SSSR count). The van der Waals surface area contributed by atoms with Gasteiger partial charge in [0.15, 0.2) is 0 Å². The molecule has 0 spiro atoms. The van der Waals surface area contributed by atoms with Crippen molar-refractivity contribution < 1.29 is 4.79 Å². The Labute approximate surface area is 63.4 Å². The maximum Gasteiger partial charge on any atom is 0.240 e. The summed E-state index contributed by atoms with van der Waals surface area (Å²) in [6, 6.07) is 3.55. The SMILES string of the molecule is O=C(CCl)Nc1ccc[nH]1. The number of aromatic amines is 1. The summed E-state index contributed by atoms with van der Waals surface area (Å²) in [5.41, 5.74) is 0. The quantitative estimate of drug-likeness (QED) is 0.624. The van der Waals surface area contributed by atoms with E-state index in [0.717, 1.165) is 0 Å². The number of nitrogens with one attached hydrogen (secondary N) is 2. The Bertz CT molecular complexity index is 208. The van der Waals surface area contributed by atoms with Crippen molar-refractivity contribution in [1.82, 2.24) is 4.98 Å². The summed E-state index contributed by atoms with van der Waals surface area (Å²) in [7, 11) is 0. The van der Waals surface area contributed by atoms with Gasteiger partial charge in [0.2, 0.25) is 5.91 Å². The van der Waals surface area contributed by atoms with E-state index in [4.69, 9.17) is 11.6 Å². The number of H-pyrrole nitrogens is 1. The molecule has 54 valence electrons. The largest absolute Gasteiger partial charge is 0.348 e. The first-order valence-electron chi connectivity index (χ1n) is 2.82. The van der Waals surface area contributed by atoms with Gasteiger partial charge in [-0.1, -0.05) is 0 Å². The number of anilines is 1. The monoisotopic (exact) mass is 158 g/mol. The van der Waals surface area contributed by atoms with Gasteiger partial charge in [0.05, 0.1) is 0 Å². The van der Waals surface area contributed by atoms with E-state index in [2.05, 4.69) is 10.3 Å². The van der Waals surface area contributed by atoms with Crippen LogP contribution < -0.4 is 5.32 Å². The molecule has 0 radical (unpaired) electrons. The topological polar surface area (TPSA) is 44.9 Å². The lowest BCUT2D eigenvalue weighted by Gasteiger charge is -1.96. The number of halogens is 1. The molecule has 0 aliphatic heterocycles. The van der Waals surface area contributed by atoms with Crippen LogP contribution in [0.25, 0.3) is 0 Å². The molecule has 0 atom stereocenters. The van der Waals surface area contributed by atoms with E-state index in [1.54, 1.807) is 18.3 Å². The van der Waals surface area contributed by atoms with Crippen LogP contribution in [0.15, 0.2) is 18.3 Å². The van der Waals surface area contributed by atoms with Crippen LogP contribution in [-0.4, -0.2) is 16.8 Å². The maximum absolute atomic E-state index is 10.6. The standard InChI is InChI=1S/C6H7ClN2O/c7-4-6(10)9-5-2-1-3-8-5/h1-3,8H,4H2,(H,9,10). The Morgan fingerprint density at radius 1 is 1.80 bits per heavy atom. The minimum atomic E-state index is -0.205. The third kappa shape index (κ3) is 1.77. The van der Waals surface area contributed by atoms with Crippen molar-refractivity contribution in [2.75, 3.05) is 11.2 Å². The first-order valence-corrected chi connectivity index (χ1v) is 3.35. The molecule has 0 saturated heterocycles.